The molecular formula is C11H20O. The second-order valence-electron chi connectivity index (χ2n) is 3.10. The monoisotopic (exact) mass is 168 g/mol. The van der Waals surface area contributed by atoms with E-state index in [9.17, 15) is 4.79 Å². The summed E-state index contributed by atoms with van der Waals surface area (Å²) in [5.41, 5.74) is 0. The number of carbonyl (C=O) groups is 1. The molecule has 0 bridgehead atoms. The van der Waals surface area contributed by atoms with Crippen molar-refractivity contribution < 1.29 is 4.79 Å². The van der Waals surface area contributed by atoms with Crippen molar-refractivity contribution in [2.45, 2.75) is 52.4 Å². The lowest BCUT2D eigenvalue weighted by atomic mass is 10.1. The van der Waals surface area contributed by atoms with Crippen LogP contribution in [0.15, 0.2) is 12.2 Å². The molecule has 0 rings (SSSR count). The molecule has 0 heterocycles. The van der Waals surface area contributed by atoms with Crippen LogP contribution in [0, 0.1) is 0 Å². The predicted octanol–water partition coefficient (Wildman–Crippen LogP) is 3.49. The van der Waals surface area contributed by atoms with Crippen LogP contribution < -0.4 is 0 Å². The lowest BCUT2D eigenvalue weighted by Gasteiger charge is -1.96. The van der Waals surface area contributed by atoms with Crippen LogP contribution in [-0.4, -0.2) is 5.78 Å². The zero-order valence-electron chi connectivity index (χ0n) is 8.31. The Balaban J connectivity index is 3.19. The van der Waals surface area contributed by atoms with Crippen molar-refractivity contribution in [1.82, 2.24) is 0 Å². The standard InChI is InChI=1S/C11H20O/c1-3-5-7-8-10-11(12)9-6-4-2/h3,5H,4,6-10H2,1-2H3/b5-3+. The summed E-state index contributed by atoms with van der Waals surface area (Å²) < 4.78 is 0. The van der Waals surface area contributed by atoms with Crippen LogP contribution in [0.5, 0.6) is 0 Å². The van der Waals surface area contributed by atoms with Gasteiger partial charge in [0.1, 0.15) is 5.78 Å². The number of Topliss-reactive ketones (excluding diaryl/α,β-unsaturated/α-hetero) is 1. The number of unbranched alkanes of at least 4 members (excludes halogenated alkanes) is 2. The molecule has 0 amide bonds. The third-order valence-corrected chi connectivity index (χ3v) is 1.87. The second kappa shape index (κ2) is 8.51. The summed E-state index contributed by atoms with van der Waals surface area (Å²) in [5, 5.41) is 0. The van der Waals surface area contributed by atoms with E-state index in [1.54, 1.807) is 0 Å². The summed E-state index contributed by atoms with van der Waals surface area (Å²) in [6.45, 7) is 4.13. The van der Waals surface area contributed by atoms with E-state index in [1.807, 2.05) is 13.0 Å². The van der Waals surface area contributed by atoms with E-state index in [1.165, 1.54) is 0 Å². The molecule has 1 heteroatoms. The Morgan fingerprint density at radius 1 is 1.25 bits per heavy atom. The molecule has 1 nitrogen and oxygen atoms in total. The van der Waals surface area contributed by atoms with Crippen molar-refractivity contribution >= 4 is 5.78 Å². The van der Waals surface area contributed by atoms with Crippen molar-refractivity contribution in [3.8, 4) is 0 Å². The van der Waals surface area contributed by atoms with Crippen molar-refractivity contribution in [3.63, 3.8) is 0 Å². The second-order valence-corrected chi connectivity index (χ2v) is 3.10. The zero-order valence-corrected chi connectivity index (χ0v) is 8.31. The van der Waals surface area contributed by atoms with E-state index in [4.69, 9.17) is 0 Å². The van der Waals surface area contributed by atoms with Crippen molar-refractivity contribution in [3.05, 3.63) is 12.2 Å². The molecule has 0 fully saturated rings. The molecule has 12 heavy (non-hydrogen) atoms. The van der Waals surface area contributed by atoms with Gasteiger partial charge < -0.3 is 0 Å². The summed E-state index contributed by atoms with van der Waals surface area (Å²) in [5.74, 6) is 0.432. The molecule has 0 radical (unpaired) electrons. The van der Waals surface area contributed by atoms with Gasteiger partial charge in [-0.15, -0.1) is 0 Å². The molecule has 0 aliphatic carbocycles. The fourth-order valence-electron chi connectivity index (χ4n) is 1.08. The van der Waals surface area contributed by atoms with Crippen molar-refractivity contribution in [2.75, 3.05) is 0 Å². The maximum atomic E-state index is 11.1. The van der Waals surface area contributed by atoms with Gasteiger partial charge in [0.15, 0.2) is 0 Å². The Hall–Kier alpha value is -0.590. The van der Waals surface area contributed by atoms with Gasteiger partial charge in [0, 0.05) is 12.8 Å². The van der Waals surface area contributed by atoms with Gasteiger partial charge in [-0.1, -0.05) is 25.5 Å². The van der Waals surface area contributed by atoms with Gasteiger partial charge in [0.05, 0.1) is 0 Å². The highest BCUT2D eigenvalue weighted by molar-refractivity contribution is 5.78. The Bertz CT molecular complexity index is 136. The number of hydrogen-bond donors (Lipinski definition) is 0. The van der Waals surface area contributed by atoms with Gasteiger partial charge in [0.25, 0.3) is 0 Å². The Morgan fingerprint density at radius 2 is 1.92 bits per heavy atom. The first-order valence-corrected chi connectivity index (χ1v) is 4.94. The zero-order chi connectivity index (χ0) is 9.23. The van der Waals surface area contributed by atoms with E-state index in [-0.39, 0.29) is 0 Å². The molecule has 0 atom stereocenters. The summed E-state index contributed by atoms with van der Waals surface area (Å²) in [7, 11) is 0. The van der Waals surface area contributed by atoms with E-state index >= 15 is 0 Å². The SMILES string of the molecule is C/C=C/CCCC(=O)CCCC. The number of hydrogen-bond acceptors (Lipinski definition) is 1. The fourth-order valence-corrected chi connectivity index (χ4v) is 1.08. The molecule has 0 aromatic heterocycles. The summed E-state index contributed by atoms with van der Waals surface area (Å²) in [6, 6.07) is 0. The van der Waals surface area contributed by atoms with Gasteiger partial charge in [-0.05, 0) is 26.2 Å². The molecule has 0 spiro atoms. The average Bonchev–Trinajstić information content (AvgIpc) is 2.09. The third-order valence-electron chi connectivity index (χ3n) is 1.87. The quantitative estimate of drug-likeness (QED) is 0.420. The molecule has 0 aliphatic rings. The molecule has 0 aromatic rings. The fraction of sp³-hybridized carbons (Fsp3) is 0.727. The highest BCUT2D eigenvalue weighted by Crippen LogP contribution is 2.03. The van der Waals surface area contributed by atoms with Crippen LogP contribution in [-0.2, 0) is 4.79 Å². The largest absolute Gasteiger partial charge is 0.300 e. The van der Waals surface area contributed by atoms with E-state index in [0.29, 0.717) is 5.78 Å². The predicted molar refractivity (Wildman–Crippen MR) is 53.2 cm³/mol. The van der Waals surface area contributed by atoms with Gasteiger partial charge in [-0.3, -0.25) is 4.79 Å². The van der Waals surface area contributed by atoms with Gasteiger partial charge in [-0.2, -0.15) is 0 Å². The number of ketones is 1. The molecule has 70 valence electrons. The maximum absolute atomic E-state index is 11.1. The number of rotatable bonds is 7. The molecular weight excluding hydrogens is 148 g/mol. The van der Waals surface area contributed by atoms with Gasteiger partial charge in [0.2, 0.25) is 0 Å². The highest BCUT2D eigenvalue weighted by Gasteiger charge is 1.98. The maximum Gasteiger partial charge on any atom is 0.132 e. The lowest BCUT2D eigenvalue weighted by Crippen LogP contribution is -1.96. The van der Waals surface area contributed by atoms with Crippen LogP contribution in [0.1, 0.15) is 52.4 Å². The minimum absolute atomic E-state index is 0.432. The van der Waals surface area contributed by atoms with Crippen LogP contribution >= 0.6 is 0 Å². The Labute approximate surface area is 75.9 Å². The topological polar surface area (TPSA) is 17.1 Å². The molecule has 0 N–H and O–H groups in total. The van der Waals surface area contributed by atoms with Gasteiger partial charge in [-0.25, -0.2) is 0 Å². The summed E-state index contributed by atoms with van der Waals surface area (Å²) in [6.07, 6.45) is 9.96. The Kier molecular flexibility index (Phi) is 8.09. The molecule has 0 saturated carbocycles. The first-order valence-electron chi connectivity index (χ1n) is 4.94. The first-order chi connectivity index (χ1) is 5.81. The lowest BCUT2D eigenvalue weighted by molar-refractivity contribution is -0.119. The summed E-state index contributed by atoms with van der Waals surface area (Å²) >= 11 is 0. The minimum atomic E-state index is 0.432. The Morgan fingerprint density at radius 3 is 2.50 bits per heavy atom. The van der Waals surface area contributed by atoms with Crippen LogP contribution in [0.4, 0.5) is 0 Å². The normalized spacial score (nSPS) is 10.8. The smallest absolute Gasteiger partial charge is 0.132 e. The highest BCUT2D eigenvalue weighted by atomic mass is 16.1. The van der Waals surface area contributed by atoms with Crippen LogP contribution in [0.2, 0.25) is 0 Å². The summed E-state index contributed by atoms with van der Waals surface area (Å²) in [4.78, 5) is 11.1. The molecule has 0 unspecified atom stereocenters. The number of carbonyl (C=O) groups excluding carboxylic acids is 1. The number of allylic oxidation sites excluding steroid dienone is 2. The van der Waals surface area contributed by atoms with E-state index in [0.717, 1.165) is 38.5 Å². The molecule has 0 saturated heterocycles. The average molecular weight is 168 g/mol. The third kappa shape index (κ3) is 7.52. The van der Waals surface area contributed by atoms with Gasteiger partial charge >= 0.3 is 0 Å². The molecule has 0 aromatic carbocycles. The first kappa shape index (κ1) is 11.4. The van der Waals surface area contributed by atoms with Crippen LogP contribution in [0.3, 0.4) is 0 Å². The van der Waals surface area contributed by atoms with Crippen LogP contribution in [0.25, 0.3) is 0 Å². The van der Waals surface area contributed by atoms with Crippen molar-refractivity contribution in [2.24, 2.45) is 0 Å². The van der Waals surface area contributed by atoms with Crippen molar-refractivity contribution in [1.29, 1.82) is 0 Å². The minimum Gasteiger partial charge on any atom is -0.300 e. The van der Waals surface area contributed by atoms with E-state index < -0.39 is 0 Å². The molecule has 0 aliphatic heterocycles. The van der Waals surface area contributed by atoms with E-state index in [2.05, 4.69) is 13.0 Å².